The third-order valence-electron chi connectivity index (χ3n) is 2.93. The van der Waals surface area contributed by atoms with E-state index in [1.807, 2.05) is 12.3 Å². The van der Waals surface area contributed by atoms with E-state index in [-0.39, 0.29) is 4.88 Å². The van der Waals surface area contributed by atoms with Gasteiger partial charge in [0, 0.05) is 4.88 Å². The van der Waals surface area contributed by atoms with Gasteiger partial charge in [0.1, 0.15) is 10.6 Å². The minimum absolute atomic E-state index is 0.289. The van der Waals surface area contributed by atoms with Crippen LogP contribution < -0.4 is 4.74 Å². The zero-order chi connectivity index (χ0) is 15.9. The molecule has 0 saturated heterocycles. The number of carboxylic acid groups (broad SMARTS) is 1. The van der Waals surface area contributed by atoms with Gasteiger partial charge in [0.05, 0.1) is 13.2 Å². The number of hydrogen-bond acceptors (Lipinski definition) is 4. The lowest BCUT2D eigenvalue weighted by Crippen LogP contribution is -1.98. The molecule has 0 aliphatic carbocycles. The molecule has 114 valence electrons. The number of carbonyl (C=O) groups is 1. The van der Waals surface area contributed by atoms with Crippen molar-refractivity contribution in [3.8, 4) is 16.2 Å². The van der Waals surface area contributed by atoms with Gasteiger partial charge >= 0.3 is 5.97 Å². The van der Waals surface area contributed by atoms with Gasteiger partial charge in [-0.2, -0.15) is 11.8 Å². The molecule has 2 aromatic rings. The van der Waals surface area contributed by atoms with Gasteiger partial charge in [-0.3, -0.25) is 0 Å². The first-order valence-corrected chi connectivity index (χ1v) is 8.83. The van der Waals surface area contributed by atoms with Crippen LogP contribution in [0.25, 0.3) is 15.3 Å². The summed E-state index contributed by atoms with van der Waals surface area (Å²) in [5.41, 5.74) is 1.28. The van der Waals surface area contributed by atoms with Crippen LogP contribution in [0.5, 0.6) is 5.75 Å². The predicted octanol–water partition coefficient (Wildman–Crippen LogP) is 4.80. The Morgan fingerprint density at radius 1 is 1.41 bits per heavy atom. The minimum atomic E-state index is -0.935. The summed E-state index contributed by atoms with van der Waals surface area (Å²) < 4.78 is 5.65. The molecule has 22 heavy (non-hydrogen) atoms. The first-order chi connectivity index (χ1) is 10.7. The smallest absolute Gasteiger partial charge is 0.345 e. The normalized spacial score (nSPS) is 10.2. The van der Waals surface area contributed by atoms with Gasteiger partial charge in [-0.1, -0.05) is 6.07 Å². The molecule has 0 unspecified atom stereocenters. The summed E-state index contributed by atoms with van der Waals surface area (Å²) in [7, 11) is 0. The van der Waals surface area contributed by atoms with Crippen LogP contribution in [0.15, 0.2) is 30.3 Å². The SMILES string of the molecule is [C-]#[N+]c1cc(-c2ccc(C(=O)O)s2)ccc1OCCCSC. The summed E-state index contributed by atoms with van der Waals surface area (Å²) in [5, 5.41) is 8.97. The van der Waals surface area contributed by atoms with Gasteiger partial charge in [0.2, 0.25) is 5.69 Å². The quantitative estimate of drug-likeness (QED) is 0.584. The van der Waals surface area contributed by atoms with E-state index in [0.717, 1.165) is 22.6 Å². The maximum absolute atomic E-state index is 10.9. The summed E-state index contributed by atoms with van der Waals surface area (Å²) in [6.45, 7) is 7.87. The second-order valence-corrected chi connectivity index (χ2v) is 6.53. The van der Waals surface area contributed by atoms with Crippen molar-refractivity contribution in [1.82, 2.24) is 0 Å². The molecule has 0 fully saturated rings. The molecule has 2 rings (SSSR count). The average molecular weight is 333 g/mol. The molecule has 1 aromatic heterocycles. The molecule has 1 N–H and O–H groups in total. The molecule has 0 atom stereocenters. The second kappa shape index (κ2) is 7.87. The van der Waals surface area contributed by atoms with Crippen molar-refractivity contribution in [3.63, 3.8) is 0 Å². The first kappa shape index (κ1) is 16.4. The molecule has 0 spiro atoms. The van der Waals surface area contributed by atoms with Crippen molar-refractivity contribution >= 4 is 34.8 Å². The molecule has 4 nitrogen and oxygen atoms in total. The Morgan fingerprint density at radius 3 is 2.86 bits per heavy atom. The molecule has 0 saturated carbocycles. The predicted molar refractivity (Wildman–Crippen MR) is 91.5 cm³/mol. The van der Waals surface area contributed by atoms with Crippen molar-refractivity contribution in [2.45, 2.75) is 6.42 Å². The van der Waals surface area contributed by atoms with E-state index in [1.54, 1.807) is 36.0 Å². The molecule has 1 heterocycles. The van der Waals surface area contributed by atoms with Crippen LogP contribution in [0, 0.1) is 6.57 Å². The average Bonchev–Trinajstić information content (AvgIpc) is 3.02. The van der Waals surface area contributed by atoms with E-state index in [4.69, 9.17) is 16.4 Å². The van der Waals surface area contributed by atoms with E-state index >= 15 is 0 Å². The molecule has 0 amide bonds. The van der Waals surface area contributed by atoms with E-state index in [1.165, 1.54) is 11.3 Å². The standard InChI is InChI=1S/C16H15NO3S2/c1-17-12-10-11(14-6-7-15(22-14)16(18)19)4-5-13(12)20-8-3-9-21-2/h4-7,10H,3,8-9H2,2H3,(H,18,19). The van der Waals surface area contributed by atoms with Gasteiger partial charge in [-0.15, -0.1) is 11.3 Å². The first-order valence-electron chi connectivity index (χ1n) is 6.62. The highest BCUT2D eigenvalue weighted by atomic mass is 32.2. The van der Waals surface area contributed by atoms with Gasteiger partial charge in [0.15, 0.2) is 0 Å². The highest BCUT2D eigenvalue weighted by Crippen LogP contribution is 2.35. The van der Waals surface area contributed by atoms with Crippen LogP contribution in [0.4, 0.5) is 5.69 Å². The number of benzene rings is 1. The molecule has 0 bridgehead atoms. The summed E-state index contributed by atoms with van der Waals surface area (Å²) in [4.78, 5) is 15.6. The van der Waals surface area contributed by atoms with E-state index in [2.05, 4.69) is 4.85 Å². The van der Waals surface area contributed by atoms with Crippen LogP contribution in [-0.2, 0) is 0 Å². The second-order valence-electron chi connectivity index (χ2n) is 4.46. The number of thiophene rings is 1. The Hall–Kier alpha value is -1.97. The lowest BCUT2D eigenvalue weighted by atomic mass is 10.1. The summed E-state index contributed by atoms with van der Waals surface area (Å²) in [6.07, 6.45) is 2.99. The Morgan fingerprint density at radius 2 is 2.23 bits per heavy atom. The summed E-state index contributed by atoms with van der Waals surface area (Å²) in [6, 6.07) is 8.72. The van der Waals surface area contributed by atoms with Crippen LogP contribution in [-0.4, -0.2) is 29.7 Å². The highest BCUT2D eigenvalue weighted by Gasteiger charge is 2.11. The molecule has 0 aliphatic rings. The maximum Gasteiger partial charge on any atom is 0.345 e. The Balaban J connectivity index is 2.17. The van der Waals surface area contributed by atoms with Crippen LogP contribution in [0.3, 0.4) is 0 Å². The van der Waals surface area contributed by atoms with Crippen molar-refractivity contribution in [2.24, 2.45) is 0 Å². The van der Waals surface area contributed by atoms with Gasteiger partial charge in [-0.25, -0.2) is 9.64 Å². The molecule has 0 aliphatic heterocycles. The van der Waals surface area contributed by atoms with Crippen molar-refractivity contribution < 1.29 is 14.6 Å². The fraction of sp³-hybridized carbons (Fsp3) is 0.250. The summed E-state index contributed by atoms with van der Waals surface area (Å²) >= 11 is 2.96. The fourth-order valence-corrected chi connectivity index (χ4v) is 3.12. The number of carboxylic acids is 1. The largest absolute Gasteiger partial charge is 0.505 e. The molecule has 0 radical (unpaired) electrons. The molecule has 1 aromatic carbocycles. The lowest BCUT2D eigenvalue weighted by molar-refractivity contribution is 0.0702. The molecular formula is C16H15NO3S2. The Kier molecular flexibility index (Phi) is 5.87. The molecular weight excluding hydrogens is 318 g/mol. The monoisotopic (exact) mass is 333 g/mol. The zero-order valence-electron chi connectivity index (χ0n) is 12.0. The fourth-order valence-electron chi connectivity index (χ4n) is 1.87. The van der Waals surface area contributed by atoms with Crippen molar-refractivity contribution in [3.05, 3.63) is 46.6 Å². The maximum atomic E-state index is 10.9. The van der Waals surface area contributed by atoms with E-state index in [0.29, 0.717) is 18.0 Å². The number of rotatable bonds is 7. The number of hydrogen-bond donors (Lipinski definition) is 1. The van der Waals surface area contributed by atoms with Crippen LogP contribution in [0.1, 0.15) is 16.1 Å². The van der Waals surface area contributed by atoms with Crippen molar-refractivity contribution in [1.29, 1.82) is 0 Å². The Bertz CT molecular complexity index is 704. The van der Waals surface area contributed by atoms with Crippen LogP contribution in [0.2, 0.25) is 0 Å². The van der Waals surface area contributed by atoms with Gasteiger partial charge < -0.3 is 9.84 Å². The minimum Gasteiger partial charge on any atom is -0.505 e. The van der Waals surface area contributed by atoms with Crippen molar-refractivity contribution in [2.75, 3.05) is 18.6 Å². The van der Waals surface area contributed by atoms with Gasteiger partial charge in [0.25, 0.3) is 0 Å². The number of ether oxygens (including phenoxy) is 1. The Labute approximate surface area is 137 Å². The number of nitrogens with zero attached hydrogens (tertiary/aromatic N) is 1. The topological polar surface area (TPSA) is 50.9 Å². The number of thioether (sulfide) groups is 1. The van der Waals surface area contributed by atoms with E-state index < -0.39 is 5.97 Å². The molecule has 6 heteroatoms. The van der Waals surface area contributed by atoms with E-state index in [9.17, 15) is 4.79 Å². The highest BCUT2D eigenvalue weighted by molar-refractivity contribution is 7.98. The van der Waals surface area contributed by atoms with Gasteiger partial charge in [-0.05, 0) is 48.3 Å². The third kappa shape index (κ3) is 4.03. The number of aromatic carboxylic acids is 1. The third-order valence-corrected chi connectivity index (χ3v) is 4.75. The van der Waals surface area contributed by atoms with Crippen LogP contribution >= 0.6 is 23.1 Å². The summed E-state index contributed by atoms with van der Waals surface area (Å²) in [5.74, 6) is 0.670. The lowest BCUT2D eigenvalue weighted by Gasteiger charge is -2.09. The zero-order valence-corrected chi connectivity index (χ0v) is 13.7.